The Labute approximate surface area is 128 Å². The highest BCUT2D eigenvalue weighted by Crippen LogP contribution is 2.11. The number of hydrogen-bond donors (Lipinski definition) is 1. The van der Waals surface area contributed by atoms with Crippen LogP contribution in [0.25, 0.3) is 0 Å². The largest absolute Gasteiger partial charge is 0.484 e. The number of aryl methyl sites for hydroxylation is 1. The fourth-order valence-corrected chi connectivity index (χ4v) is 1.79. The van der Waals surface area contributed by atoms with Gasteiger partial charge in [0, 0.05) is 0 Å². The van der Waals surface area contributed by atoms with Crippen molar-refractivity contribution in [3.05, 3.63) is 65.5 Å². The van der Waals surface area contributed by atoms with Gasteiger partial charge in [-0.2, -0.15) is 5.10 Å². The maximum Gasteiger partial charge on any atom is 0.277 e. The van der Waals surface area contributed by atoms with E-state index >= 15 is 0 Å². The van der Waals surface area contributed by atoms with Crippen molar-refractivity contribution in [2.24, 2.45) is 5.10 Å². The first-order chi connectivity index (χ1) is 10.5. The molecule has 0 saturated heterocycles. The van der Waals surface area contributed by atoms with Crippen LogP contribution in [0.3, 0.4) is 0 Å². The lowest BCUT2D eigenvalue weighted by atomic mass is 10.1. The zero-order valence-corrected chi connectivity index (χ0v) is 12.5. The van der Waals surface area contributed by atoms with Crippen LogP contribution in [0.4, 0.5) is 4.39 Å². The van der Waals surface area contributed by atoms with E-state index in [0.717, 1.165) is 11.1 Å². The molecule has 0 atom stereocenters. The van der Waals surface area contributed by atoms with Crippen molar-refractivity contribution in [1.29, 1.82) is 0 Å². The van der Waals surface area contributed by atoms with Crippen molar-refractivity contribution >= 4 is 11.6 Å². The minimum absolute atomic E-state index is 0.121. The van der Waals surface area contributed by atoms with E-state index in [-0.39, 0.29) is 18.3 Å². The van der Waals surface area contributed by atoms with Crippen LogP contribution in [-0.4, -0.2) is 18.2 Å². The Balaban J connectivity index is 1.86. The van der Waals surface area contributed by atoms with Crippen molar-refractivity contribution in [3.8, 4) is 5.75 Å². The smallest absolute Gasteiger partial charge is 0.277 e. The first kappa shape index (κ1) is 15.7. The molecule has 1 N–H and O–H groups in total. The molecule has 0 fully saturated rings. The Morgan fingerprint density at radius 3 is 2.64 bits per heavy atom. The van der Waals surface area contributed by atoms with Crippen LogP contribution in [0.1, 0.15) is 18.1 Å². The molecule has 0 bridgehead atoms. The summed E-state index contributed by atoms with van der Waals surface area (Å²) < 4.78 is 18.2. The zero-order valence-electron chi connectivity index (χ0n) is 12.5. The molecule has 2 rings (SSSR count). The fourth-order valence-electron chi connectivity index (χ4n) is 1.79. The second-order valence-corrected chi connectivity index (χ2v) is 4.84. The number of carbonyl (C=O) groups excluding carboxylic acids is 1. The Bertz CT molecular complexity index is 681. The summed E-state index contributed by atoms with van der Waals surface area (Å²) in [5.74, 6) is -0.0375. The highest BCUT2D eigenvalue weighted by Gasteiger charge is 2.03. The molecule has 22 heavy (non-hydrogen) atoms. The molecular weight excluding hydrogens is 283 g/mol. The molecule has 0 heterocycles. The number of rotatable bonds is 5. The third-order valence-electron chi connectivity index (χ3n) is 2.97. The molecule has 0 aliphatic rings. The van der Waals surface area contributed by atoms with Crippen LogP contribution < -0.4 is 10.2 Å². The molecule has 0 aromatic heterocycles. The Kier molecular flexibility index (Phi) is 5.25. The summed E-state index contributed by atoms with van der Waals surface area (Å²) >= 11 is 0. The van der Waals surface area contributed by atoms with Gasteiger partial charge in [0.1, 0.15) is 11.6 Å². The summed E-state index contributed by atoms with van der Waals surface area (Å²) in [4.78, 5) is 11.7. The first-order valence-corrected chi connectivity index (χ1v) is 6.83. The Morgan fingerprint density at radius 1 is 1.23 bits per heavy atom. The molecule has 0 saturated carbocycles. The number of benzene rings is 2. The number of amides is 1. The average Bonchev–Trinajstić information content (AvgIpc) is 2.51. The van der Waals surface area contributed by atoms with Gasteiger partial charge in [-0.3, -0.25) is 4.79 Å². The molecule has 0 unspecified atom stereocenters. The number of nitrogens with one attached hydrogen (secondary N) is 1. The summed E-state index contributed by atoms with van der Waals surface area (Å²) in [7, 11) is 0. The minimum atomic E-state index is -0.358. The molecule has 0 radical (unpaired) electrons. The van der Waals surface area contributed by atoms with Gasteiger partial charge in [-0.15, -0.1) is 0 Å². The summed E-state index contributed by atoms with van der Waals surface area (Å²) in [6.45, 7) is 3.56. The predicted octanol–water partition coefficient (Wildman–Crippen LogP) is 3.05. The summed E-state index contributed by atoms with van der Waals surface area (Å²) in [5.41, 5.74) is 4.79. The average molecular weight is 300 g/mol. The second-order valence-electron chi connectivity index (χ2n) is 4.84. The molecule has 2 aromatic rings. The van der Waals surface area contributed by atoms with Crippen molar-refractivity contribution in [1.82, 2.24) is 5.43 Å². The maximum atomic E-state index is 12.8. The molecular formula is C17H17FN2O2. The number of carbonyl (C=O) groups is 1. The third kappa shape index (κ3) is 4.70. The van der Waals surface area contributed by atoms with E-state index < -0.39 is 0 Å². The van der Waals surface area contributed by atoms with Gasteiger partial charge in [0.2, 0.25) is 0 Å². The lowest BCUT2D eigenvalue weighted by Gasteiger charge is -2.06. The highest BCUT2D eigenvalue weighted by molar-refractivity contribution is 5.99. The monoisotopic (exact) mass is 300 g/mol. The summed E-state index contributed by atoms with van der Waals surface area (Å²) in [6, 6.07) is 13.3. The van der Waals surface area contributed by atoms with Gasteiger partial charge >= 0.3 is 0 Å². The van der Waals surface area contributed by atoms with E-state index in [1.807, 2.05) is 25.1 Å². The topological polar surface area (TPSA) is 50.7 Å². The highest BCUT2D eigenvalue weighted by atomic mass is 19.1. The van der Waals surface area contributed by atoms with E-state index in [4.69, 9.17) is 4.74 Å². The van der Waals surface area contributed by atoms with Crippen LogP contribution in [0, 0.1) is 12.7 Å². The van der Waals surface area contributed by atoms with Crippen LogP contribution in [0.2, 0.25) is 0 Å². The van der Waals surface area contributed by atoms with Gasteiger partial charge in [-0.1, -0.05) is 24.3 Å². The molecule has 0 spiro atoms. The number of nitrogens with zero attached hydrogens (tertiary/aromatic N) is 1. The van der Waals surface area contributed by atoms with E-state index in [2.05, 4.69) is 10.5 Å². The van der Waals surface area contributed by atoms with E-state index in [1.54, 1.807) is 25.1 Å². The molecule has 1 amide bonds. The molecule has 5 heteroatoms. The van der Waals surface area contributed by atoms with Gasteiger partial charge in [0.15, 0.2) is 6.61 Å². The Morgan fingerprint density at radius 2 is 1.95 bits per heavy atom. The van der Waals surface area contributed by atoms with Crippen molar-refractivity contribution in [2.45, 2.75) is 13.8 Å². The second kappa shape index (κ2) is 7.36. The minimum Gasteiger partial charge on any atom is -0.484 e. The normalized spacial score (nSPS) is 11.1. The third-order valence-corrected chi connectivity index (χ3v) is 2.97. The SMILES string of the molecule is C/C(=N\NC(=O)COc1cccc(C)c1)c1ccc(F)cc1. The van der Waals surface area contributed by atoms with Crippen LogP contribution in [-0.2, 0) is 4.79 Å². The number of ether oxygens (including phenoxy) is 1. The summed E-state index contributed by atoms with van der Waals surface area (Å²) in [5, 5.41) is 3.97. The maximum absolute atomic E-state index is 12.8. The molecule has 0 aliphatic carbocycles. The van der Waals surface area contributed by atoms with Crippen LogP contribution in [0.5, 0.6) is 5.75 Å². The van der Waals surface area contributed by atoms with Crippen LogP contribution in [0.15, 0.2) is 53.6 Å². The van der Waals surface area contributed by atoms with Crippen molar-refractivity contribution in [2.75, 3.05) is 6.61 Å². The van der Waals surface area contributed by atoms with E-state index in [9.17, 15) is 9.18 Å². The number of hydrazone groups is 1. The zero-order chi connectivity index (χ0) is 15.9. The molecule has 4 nitrogen and oxygen atoms in total. The van der Waals surface area contributed by atoms with E-state index in [0.29, 0.717) is 11.5 Å². The van der Waals surface area contributed by atoms with Gasteiger partial charge < -0.3 is 4.74 Å². The van der Waals surface area contributed by atoms with Gasteiger partial charge in [0.05, 0.1) is 5.71 Å². The first-order valence-electron chi connectivity index (χ1n) is 6.83. The Hall–Kier alpha value is -2.69. The van der Waals surface area contributed by atoms with Gasteiger partial charge in [-0.05, 0) is 49.2 Å². The van der Waals surface area contributed by atoms with Crippen LogP contribution >= 0.6 is 0 Å². The van der Waals surface area contributed by atoms with Gasteiger partial charge in [0.25, 0.3) is 5.91 Å². The van der Waals surface area contributed by atoms with Gasteiger partial charge in [-0.25, -0.2) is 9.82 Å². The predicted molar refractivity (Wildman–Crippen MR) is 83.4 cm³/mol. The quantitative estimate of drug-likeness (QED) is 0.681. The van der Waals surface area contributed by atoms with Crippen molar-refractivity contribution in [3.63, 3.8) is 0 Å². The standard InChI is InChI=1S/C17H17FN2O2/c1-12-4-3-5-16(10-12)22-11-17(21)20-19-13(2)14-6-8-15(18)9-7-14/h3-10H,11H2,1-2H3,(H,20,21)/b19-13+. The lowest BCUT2D eigenvalue weighted by molar-refractivity contribution is -0.123. The molecule has 114 valence electrons. The number of halogens is 1. The van der Waals surface area contributed by atoms with E-state index in [1.165, 1.54) is 12.1 Å². The molecule has 0 aliphatic heterocycles. The summed E-state index contributed by atoms with van der Waals surface area (Å²) in [6.07, 6.45) is 0. The van der Waals surface area contributed by atoms with Crippen molar-refractivity contribution < 1.29 is 13.9 Å². The fraction of sp³-hybridized carbons (Fsp3) is 0.176. The lowest BCUT2D eigenvalue weighted by Crippen LogP contribution is -2.25. The molecule has 2 aromatic carbocycles. The number of hydrogen-bond acceptors (Lipinski definition) is 3.